The maximum atomic E-state index is 13.3. The summed E-state index contributed by atoms with van der Waals surface area (Å²) < 4.78 is 74.1. The number of rotatable bonds is 9. The third kappa shape index (κ3) is 7.30. The summed E-state index contributed by atoms with van der Waals surface area (Å²) in [7, 11) is -8.01. The van der Waals surface area contributed by atoms with E-state index >= 15 is 0 Å². The van der Waals surface area contributed by atoms with Crippen LogP contribution in [-0.2, 0) is 49.9 Å². The summed E-state index contributed by atoms with van der Waals surface area (Å²) >= 11 is 0. The number of ether oxygens (including phenoxy) is 2. The molecule has 2 aromatic heterocycles. The maximum absolute atomic E-state index is 13.3. The van der Waals surface area contributed by atoms with Gasteiger partial charge in [0.15, 0.2) is 12.5 Å². The zero-order valence-electron chi connectivity index (χ0n) is 28.6. The fourth-order valence-electron chi connectivity index (χ4n) is 6.00. The number of nitrogens with one attached hydrogen (secondary N) is 2. The van der Waals surface area contributed by atoms with Crippen LogP contribution in [0.15, 0.2) is 92.3 Å². The third-order valence-electron chi connectivity index (χ3n) is 8.87. The van der Waals surface area contributed by atoms with Crippen LogP contribution in [0.1, 0.15) is 34.7 Å². The van der Waals surface area contributed by atoms with Crippen molar-refractivity contribution in [2.45, 2.75) is 51.7 Å². The van der Waals surface area contributed by atoms with Crippen LogP contribution in [0.5, 0.6) is 11.5 Å². The molecule has 0 bridgehead atoms. The Kier molecular flexibility index (Phi) is 9.40. The fraction of sp³-hybridized carbons (Fsp3) is 0.294. The molecular weight excluding hydrogens is 750 g/mol. The molecule has 54 heavy (non-hydrogen) atoms. The monoisotopic (exact) mass is 782 g/mol. The molecule has 20 heteroatoms. The Balaban J connectivity index is 0.852. The van der Waals surface area contributed by atoms with E-state index in [9.17, 15) is 28.3 Å². The van der Waals surface area contributed by atoms with E-state index in [1.54, 1.807) is 62.4 Å². The number of benzene rings is 2. The average Bonchev–Trinajstić information content (AvgIpc) is 3.83. The van der Waals surface area contributed by atoms with Crippen molar-refractivity contribution in [1.29, 1.82) is 0 Å². The minimum atomic E-state index is -4.00. The molecule has 4 aromatic rings. The van der Waals surface area contributed by atoms with E-state index < -0.39 is 62.8 Å². The topological polar surface area (TPSA) is 218 Å². The SMILES string of the molecule is Cc1cn([C@H]2C=C[C@@H](COP3(=O)OCc4cc(-c5ccc6c(c5)COP(=O)(OC[C@@H]5C=C[C@H](n7cc(C)c(=O)[nH]c7=O)O5)O6)ccc4O3)O2)c(=O)[nH]c1=O. The Morgan fingerprint density at radius 3 is 1.52 bits per heavy atom. The standard InChI is InChI=1S/C34H32N4O14P2/c1-19-13-37(33(41)35-31(19)39)29-9-5-25(49-29)17-47-53(43)45-15-23-11-21(3-7-27(23)51-53)22-4-8-28-24(12-22)16-46-54(44,52-28)48-18-26-6-10-30(50-26)38-14-20(2)32(40)36-34(38)42/h3-14,25-26,29-30H,15-18H2,1-2H3,(H,35,39,41)(H,36,40,42)/t25-,26-,29+,30+,53?,54?/m0/s1. The van der Waals surface area contributed by atoms with E-state index in [1.165, 1.54) is 21.5 Å². The van der Waals surface area contributed by atoms with Gasteiger partial charge in [-0.15, -0.1) is 0 Å². The van der Waals surface area contributed by atoms with Gasteiger partial charge in [0.2, 0.25) is 0 Å². The average molecular weight is 783 g/mol. The quantitative estimate of drug-likeness (QED) is 0.181. The van der Waals surface area contributed by atoms with Crippen molar-refractivity contribution in [3.8, 4) is 22.6 Å². The van der Waals surface area contributed by atoms with E-state index in [0.29, 0.717) is 33.8 Å². The number of H-pyrrole nitrogens is 2. The highest BCUT2D eigenvalue weighted by Crippen LogP contribution is 2.56. The van der Waals surface area contributed by atoms with Gasteiger partial charge < -0.3 is 18.5 Å². The largest absolute Gasteiger partial charge is 0.530 e. The number of hydrogen-bond acceptors (Lipinski definition) is 14. The lowest BCUT2D eigenvalue weighted by molar-refractivity contribution is -0.0130. The number of hydrogen-bond donors (Lipinski definition) is 2. The molecule has 4 aliphatic rings. The Labute approximate surface area is 304 Å². The molecule has 2 aromatic carbocycles. The second kappa shape index (κ2) is 14.1. The van der Waals surface area contributed by atoms with Gasteiger partial charge in [-0.3, -0.25) is 46.8 Å². The number of phosphoric acid groups is 2. The number of aryl methyl sites for hydroxylation is 2. The summed E-state index contributed by atoms with van der Waals surface area (Å²) in [6.07, 6.45) is 6.45. The molecule has 8 rings (SSSR count). The van der Waals surface area contributed by atoms with Crippen molar-refractivity contribution in [1.82, 2.24) is 19.1 Å². The molecule has 2 N–H and O–H groups in total. The third-order valence-corrected chi connectivity index (χ3v) is 11.5. The predicted octanol–water partition coefficient (Wildman–Crippen LogP) is 4.05. The first kappa shape index (κ1) is 36.1. The summed E-state index contributed by atoms with van der Waals surface area (Å²) in [6, 6.07) is 10.5. The molecule has 0 radical (unpaired) electrons. The lowest BCUT2D eigenvalue weighted by Gasteiger charge is -2.27. The summed E-state index contributed by atoms with van der Waals surface area (Å²) in [5, 5.41) is 0. The van der Waals surface area contributed by atoms with Crippen LogP contribution in [0.2, 0.25) is 0 Å². The molecular formula is C34H32N4O14P2. The van der Waals surface area contributed by atoms with Crippen molar-refractivity contribution in [3.63, 3.8) is 0 Å². The molecule has 0 saturated carbocycles. The number of aromatic amines is 2. The van der Waals surface area contributed by atoms with E-state index in [1.807, 2.05) is 12.1 Å². The van der Waals surface area contributed by atoms with Gasteiger partial charge in [0.25, 0.3) is 11.1 Å². The Bertz CT molecular complexity index is 2380. The van der Waals surface area contributed by atoms with Gasteiger partial charge in [0, 0.05) is 34.6 Å². The molecule has 4 aliphatic heterocycles. The van der Waals surface area contributed by atoms with Crippen LogP contribution in [0.25, 0.3) is 11.1 Å². The van der Waals surface area contributed by atoms with Gasteiger partial charge in [-0.05, 0) is 61.4 Å². The van der Waals surface area contributed by atoms with Gasteiger partial charge in [0.05, 0.1) is 26.4 Å². The van der Waals surface area contributed by atoms with Gasteiger partial charge in [-0.25, -0.2) is 18.7 Å². The molecule has 0 saturated heterocycles. The zero-order valence-corrected chi connectivity index (χ0v) is 30.4. The number of fused-ring (bicyclic) bond motifs is 2. The summed E-state index contributed by atoms with van der Waals surface area (Å²) in [6.45, 7) is 2.66. The smallest absolute Gasteiger partial charge is 0.404 e. The molecule has 282 valence electrons. The lowest BCUT2D eigenvalue weighted by atomic mass is 10.0. The molecule has 0 spiro atoms. The van der Waals surface area contributed by atoms with E-state index in [0.717, 1.165) is 11.1 Å². The Morgan fingerprint density at radius 2 is 1.09 bits per heavy atom. The van der Waals surface area contributed by atoms with Crippen LogP contribution in [-0.4, -0.2) is 44.5 Å². The van der Waals surface area contributed by atoms with Crippen LogP contribution in [0.3, 0.4) is 0 Å². The van der Waals surface area contributed by atoms with E-state index in [4.69, 9.17) is 36.6 Å². The van der Waals surface area contributed by atoms with Crippen LogP contribution < -0.4 is 31.5 Å². The normalized spacial score (nSPS) is 26.9. The van der Waals surface area contributed by atoms with Crippen LogP contribution >= 0.6 is 15.6 Å². The predicted molar refractivity (Wildman–Crippen MR) is 188 cm³/mol. The highest BCUT2D eigenvalue weighted by molar-refractivity contribution is 7.49. The van der Waals surface area contributed by atoms with Gasteiger partial charge >= 0.3 is 27.0 Å². The van der Waals surface area contributed by atoms with Crippen molar-refractivity contribution in [2.24, 2.45) is 0 Å². The summed E-state index contributed by atoms with van der Waals surface area (Å²) in [4.78, 5) is 52.3. The molecule has 2 unspecified atom stereocenters. The van der Waals surface area contributed by atoms with Gasteiger partial charge in [0.1, 0.15) is 23.7 Å². The highest BCUT2D eigenvalue weighted by Gasteiger charge is 2.38. The van der Waals surface area contributed by atoms with Gasteiger partial charge in [-0.2, -0.15) is 0 Å². The molecule has 6 heterocycles. The first-order valence-corrected chi connectivity index (χ1v) is 19.5. The van der Waals surface area contributed by atoms with E-state index in [-0.39, 0.29) is 26.4 Å². The summed E-state index contributed by atoms with van der Waals surface area (Å²) in [5.74, 6) is 0.640. The molecule has 0 aliphatic carbocycles. The first-order valence-electron chi connectivity index (χ1n) is 16.6. The van der Waals surface area contributed by atoms with Crippen molar-refractivity contribution < 1.29 is 45.7 Å². The van der Waals surface area contributed by atoms with Crippen molar-refractivity contribution in [3.05, 3.63) is 137 Å². The fourth-order valence-corrected chi connectivity index (χ4v) is 8.45. The van der Waals surface area contributed by atoms with Crippen LogP contribution in [0, 0.1) is 13.8 Å². The Morgan fingerprint density at radius 1 is 0.667 bits per heavy atom. The minimum absolute atomic E-state index is 0.0595. The lowest BCUT2D eigenvalue weighted by Crippen LogP contribution is -2.33. The molecule has 0 amide bonds. The molecule has 18 nitrogen and oxygen atoms in total. The van der Waals surface area contributed by atoms with Crippen molar-refractivity contribution in [2.75, 3.05) is 13.2 Å². The maximum Gasteiger partial charge on any atom is 0.530 e. The second-order valence-corrected chi connectivity index (χ2v) is 15.9. The zero-order chi connectivity index (χ0) is 37.8. The highest BCUT2D eigenvalue weighted by atomic mass is 31.2. The van der Waals surface area contributed by atoms with Crippen molar-refractivity contribution >= 4 is 15.6 Å². The first-order chi connectivity index (χ1) is 25.8. The molecule has 6 atom stereocenters. The van der Waals surface area contributed by atoms with Crippen LogP contribution in [0.4, 0.5) is 0 Å². The minimum Gasteiger partial charge on any atom is -0.404 e. The second-order valence-electron chi connectivity index (χ2n) is 12.7. The number of aromatic nitrogens is 4. The number of phosphoric ester groups is 2. The van der Waals surface area contributed by atoms with Gasteiger partial charge in [-0.1, -0.05) is 24.3 Å². The Hall–Kier alpha value is -4.90. The molecule has 0 fully saturated rings. The van der Waals surface area contributed by atoms with E-state index in [2.05, 4.69) is 9.97 Å². The summed E-state index contributed by atoms with van der Waals surface area (Å²) in [5.41, 5.74) is 1.29. The number of nitrogens with zero attached hydrogens (tertiary/aromatic N) is 2.